The third-order valence-electron chi connectivity index (χ3n) is 3.78. The number of aryl methyl sites for hydroxylation is 1. The summed E-state index contributed by atoms with van der Waals surface area (Å²) in [6.07, 6.45) is 2.18. The summed E-state index contributed by atoms with van der Waals surface area (Å²) in [4.78, 5) is 0. The van der Waals surface area contributed by atoms with E-state index < -0.39 is 0 Å². The molecule has 0 amide bonds. The molecule has 1 heterocycles. The van der Waals surface area contributed by atoms with E-state index in [0.717, 1.165) is 5.56 Å². The number of hydrogen-bond donors (Lipinski definition) is 0. The van der Waals surface area contributed by atoms with Crippen molar-refractivity contribution in [3.8, 4) is 11.1 Å². The molecule has 0 bridgehead atoms. The van der Waals surface area contributed by atoms with Crippen LogP contribution >= 0.6 is 0 Å². The van der Waals surface area contributed by atoms with Crippen LogP contribution in [0.1, 0.15) is 25.5 Å². The van der Waals surface area contributed by atoms with Crippen molar-refractivity contribution in [3.05, 3.63) is 60.0 Å². The van der Waals surface area contributed by atoms with Gasteiger partial charge in [0.05, 0.1) is 0 Å². The van der Waals surface area contributed by atoms with Gasteiger partial charge in [0.15, 0.2) is 0 Å². The van der Waals surface area contributed by atoms with Gasteiger partial charge in [0.2, 0.25) is 0 Å². The van der Waals surface area contributed by atoms with Crippen LogP contribution in [-0.4, -0.2) is 4.57 Å². The van der Waals surface area contributed by atoms with E-state index in [1.54, 1.807) is 0 Å². The molecule has 0 unspecified atom stereocenters. The summed E-state index contributed by atoms with van der Waals surface area (Å²) >= 11 is 0. The molecule has 0 N–H and O–H groups in total. The Morgan fingerprint density at radius 3 is 2.35 bits per heavy atom. The van der Waals surface area contributed by atoms with Crippen LogP contribution in [0, 0.1) is 12.7 Å². The van der Waals surface area contributed by atoms with Gasteiger partial charge < -0.3 is 4.57 Å². The van der Waals surface area contributed by atoms with Crippen molar-refractivity contribution in [2.45, 2.75) is 26.8 Å². The molecule has 2 aromatic carbocycles. The van der Waals surface area contributed by atoms with Gasteiger partial charge in [0.1, 0.15) is 5.82 Å². The summed E-state index contributed by atoms with van der Waals surface area (Å²) in [5.41, 5.74) is 4.72. The first-order valence-corrected chi connectivity index (χ1v) is 6.94. The molecule has 2 heteroatoms. The van der Waals surface area contributed by atoms with E-state index in [0.29, 0.717) is 6.04 Å². The van der Waals surface area contributed by atoms with Gasteiger partial charge >= 0.3 is 0 Å². The second kappa shape index (κ2) is 4.78. The van der Waals surface area contributed by atoms with Gasteiger partial charge in [-0.2, -0.15) is 0 Å². The minimum atomic E-state index is -0.196. The molecule has 1 nitrogen and oxygen atoms in total. The van der Waals surface area contributed by atoms with Crippen LogP contribution in [0.3, 0.4) is 0 Å². The summed E-state index contributed by atoms with van der Waals surface area (Å²) < 4.78 is 15.4. The van der Waals surface area contributed by atoms with Crippen molar-refractivity contribution >= 4 is 10.9 Å². The van der Waals surface area contributed by atoms with E-state index in [1.165, 1.54) is 34.2 Å². The molecule has 0 aliphatic rings. The van der Waals surface area contributed by atoms with Crippen molar-refractivity contribution < 1.29 is 4.39 Å². The lowest BCUT2D eigenvalue weighted by molar-refractivity contribution is 0.623. The van der Waals surface area contributed by atoms with Gasteiger partial charge in [-0.1, -0.05) is 24.3 Å². The summed E-state index contributed by atoms with van der Waals surface area (Å²) in [6.45, 7) is 6.48. The van der Waals surface area contributed by atoms with Crippen LogP contribution in [0.2, 0.25) is 0 Å². The number of hydrogen-bond acceptors (Lipinski definition) is 0. The maximum absolute atomic E-state index is 13.1. The highest BCUT2D eigenvalue weighted by Gasteiger charge is 2.13. The number of rotatable bonds is 2. The Bertz CT molecular complexity index is 751. The van der Waals surface area contributed by atoms with Crippen LogP contribution in [0.15, 0.2) is 48.7 Å². The molecular weight excluding hydrogens is 249 g/mol. The lowest BCUT2D eigenvalue weighted by atomic mass is 10.0. The molecule has 0 radical (unpaired) electrons. The molecule has 102 valence electrons. The van der Waals surface area contributed by atoms with Gasteiger partial charge in [0, 0.05) is 28.7 Å². The zero-order chi connectivity index (χ0) is 14.3. The Kier molecular flexibility index (Phi) is 3.09. The van der Waals surface area contributed by atoms with E-state index in [1.807, 2.05) is 12.1 Å². The quantitative estimate of drug-likeness (QED) is 0.591. The SMILES string of the molecule is Cc1cccc2c1c(-c1ccc(F)cc1)cn2C(C)C. The Labute approximate surface area is 118 Å². The first-order valence-electron chi connectivity index (χ1n) is 6.94. The Hall–Kier alpha value is -2.09. The van der Waals surface area contributed by atoms with Gasteiger partial charge in [-0.05, 0) is 50.1 Å². The Balaban J connectivity index is 2.33. The highest BCUT2D eigenvalue weighted by molar-refractivity contribution is 5.98. The number of halogens is 1. The molecule has 0 fully saturated rings. The fraction of sp³-hybridized carbons (Fsp3) is 0.222. The maximum atomic E-state index is 13.1. The lowest BCUT2D eigenvalue weighted by Gasteiger charge is -2.09. The largest absolute Gasteiger partial charge is 0.344 e. The molecule has 1 aromatic heterocycles. The van der Waals surface area contributed by atoms with Crippen molar-refractivity contribution in [1.29, 1.82) is 0 Å². The topological polar surface area (TPSA) is 4.93 Å². The molecule has 0 atom stereocenters. The van der Waals surface area contributed by atoms with Crippen molar-refractivity contribution in [2.24, 2.45) is 0 Å². The molecule has 0 aliphatic heterocycles. The standard InChI is InChI=1S/C18H18FN/c1-12(2)20-11-16(14-7-9-15(19)10-8-14)18-13(3)5-4-6-17(18)20/h4-12H,1-3H3. The minimum absolute atomic E-state index is 0.196. The molecule has 3 aromatic rings. The second-order valence-electron chi connectivity index (χ2n) is 5.52. The summed E-state index contributed by atoms with van der Waals surface area (Å²) in [7, 11) is 0. The molecule has 0 saturated carbocycles. The lowest BCUT2D eigenvalue weighted by Crippen LogP contribution is -1.97. The average Bonchev–Trinajstić information content (AvgIpc) is 2.81. The molecule has 3 rings (SSSR count). The third-order valence-corrected chi connectivity index (χ3v) is 3.78. The van der Waals surface area contributed by atoms with Crippen molar-refractivity contribution in [3.63, 3.8) is 0 Å². The Morgan fingerprint density at radius 1 is 1.00 bits per heavy atom. The van der Waals surface area contributed by atoms with Crippen LogP contribution in [0.5, 0.6) is 0 Å². The fourth-order valence-electron chi connectivity index (χ4n) is 2.77. The molecule has 20 heavy (non-hydrogen) atoms. The van der Waals surface area contributed by atoms with Crippen LogP contribution in [0.25, 0.3) is 22.0 Å². The molecule has 0 saturated heterocycles. The van der Waals surface area contributed by atoms with E-state index in [-0.39, 0.29) is 5.82 Å². The third kappa shape index (κ3) is 2.01. The summed E-state index contributed by atoms with van der Waals surface area (Å²) in [6, 6.07) is 13.5. The van der Waals surface area contributed by atoms with Crippen LogP contribution in [0.4, 0.5) is 4.39 Å². The van der Waals surface area contributed by atoms with Gasteiger partial charge in [-0.3, -0.25) is 0 Å². The predicted octanol–water partition coefficient (Wildman–Crippen LogP) is 5.34. The highest BCUT2D eigenvalue weighted by atomic mass is 19.1. The number of nitrogens with zero attached hydrogens (tertiary/aromatic N) is 1. The Morgan fingerprint density at radius 2 is 1.70 bits per heavy atom. The van der Waals surface area contributed by atoms with Gasteiger partial charge in [-0.25, -0.2) is 4.39 Å². The van der Waals surface area contributed by atoms with Crippen molar-refractivity contribution in [2.75, 3.05) is 0 Å². The monoisotopic (exact) mass is 267 g/mol. The van der Waals surface area contributed by atoms with Gasteiger partial charge in [-0.15, -0.1) is 0 Å². The maximum Gasteiger partial charge on any atom is 0.123 e. The fourth-order valence-corrected chi connectivity index (χ4v) is 2.77. The smallest absolute Gasteiger partial charge is 0.123 e. The minimum Gasteiger partial charge on any atom is -0.344 e. The first-order chi connectivity index (χ1) is 9.58. The molecule has 0 aliphatic carbocycles. The molecule has 0 spiro atoms. The highest BCUT2D eigenvalue weighted by Crippen LogP contribution is 2.34. The summed E-state index contributed by atoms with van der Waals surface area (Å²) in [5.74, 6) is -0.196. The van der Waals surface area contributed by atoms with E-state index >= 15 is 0 Å². The average molecular weight is 267 g/mol. The number of fused-ring (bicyclic) bond motifs is 1. The van der Waals surface area contributed by atoms with Crippen molar-refractivity contribution in [1.82, 2.24) is 4.57 Å². The zero-order valence-electron chi connectivity index (χ0n) is 12.0. The second-order valence-corrected chi connectivity index (χ2v) is 5.52. The van der Waals surface area contributed by atoms with E-state index in [4.69, 9.17) is 0 Å². The van der Waals surface area contributed by atoms with E-state index in [2.05, 4.69) is 49.7 Å². The normalized spacial score (nSPS) is 11.4. The zero-order valence-corrected chi connectivity index (χ0v) is 12.0. The molecular formula is C18H18FN. The summed E-state index contributed by atoms with van der Waals surface area (Å²) in [5, 5.41) is 1.26. The number of aromatic nitrogens is 1. The van der Waals surface area contributed by atoms with E-state index in [9.17, 15) is 4.39 Å². The van der Waals surface area contributed by atoms with Gasteiger partial charge in [0.25, 0.3) is 0 Å². The van der Waals surface area contributed by atoms with Crippen LogP contribution in [-0.2, 0) is 0 Å². The predicted molar refractivity (Wildman–Crippen MR) is 82.5 cm³/mol. The number of benzene rings is 2. The van der Waals surface area contributed by atoms with Crippen LogP contribution < -0.4 is 0 Å². The first kappa shape index (κ1) is 12.9.